The molecule has 10 rings (SSSR count). The average molecular weight is 514 g/mol. The van der Waals surface area contributed by atoms with Crippen LogP contribution >= 0.6 is 0 Å². The maximum absolute atomic E-state index is 6.55. The lowest BCUT2D eigenvalue weighted by Gasteiger charge is -2.32. The molecule has 40 heavy (non-hydrogen) atoms. The van der Waals surface area contributed by atoms with Crippen LogP contribution in [0.4, 0.5) is 22.7 Å². The molecule has 1 aliphatic carbocycles. The van der Waals surface area contributed by atoms with Crippen LogP contribution in [0.3, 0.4) is 0 Å². The molecule has 4 heterocycles. The number of nitrogens with zero attached hydrogens (tertiary/aromatic N) is 2. The third-order valence-corrected chi connectivity index (χ3v) is 8.71. The minimum Gasteiger partial charge on any atom is -0.456 e. The molecule has 4 nitrogen and oxygen atoms in total. The van der Waals surface area contributed by atoms with Crippen LogP contribution in [-0.2, 0) is 0 Å². The molecule has 7 aromatic rings. The fraction of sp³-hybridized carbons (Fsp3) is 0.0278. The average Bonchev–Trinajstić information content (AvgIpc) is 3.67. The van der Waals surface area contributed by atoms with Crippen molar-refractivity contribution in [1.82, 2.24) is 4.58 Å². The molecule has 2 aliphatic heterocycles. The summed E-state index contributed by atoms with van der Waals surface area (Å²) in [5.41, 5.74) is 12.0. The Morgan fingerprint density at radius 1 is 0.625 bits per heavy atom. The molecule has 4 heteroatoms. The van der Waals surface area contributed by atoms with Gasteiger partial charge >= 0.3 is 0 Å². The molecule has 186 valence electrons. The van der Waals surface area contributed by atoms with Crippen molar-refractivity contribution in [2.24, 2.45) is 0 Å². The van der Waals surface area contributed by atoms with Gasteiger partial charge in [0.25, 0.3) is 0 Å². The van der Waals surface area contributed by atoms with E-state index in [1.54, 1.807) is 0 Å². The Morgan fingerprint density at radius 3 is 2.27 bits per heavy atom. The standard InChI is InChI=1S/C36H21N2O2/c1-6-15-32-22(8-1)24-17-18-29-34(36(24)40-32)25-10-7-13-30-35(25)38(29)28-12-4-3-11-27(28)37(30)21-16-19-33-26(20-21)23-9-2-5-14-31(23)39-33/h1-20,35H/q+1. The molecule has 0 radical (unpaired) electrons. The van der Waals surface area contributed by atoms with Crippen LogP contribution in [0.2, 0.25) is 0 Å². The molecule has 0 saturated heterocycles. The monoisotopic (exact) mass is 513 g/mol. The number of hydrogen-bond acceptors (Lipinski definition) is 3. The minimum absolute atomic E-state index is 0.0468. The number of anilines is 2. The minimum atomic E-state index is 0.0468. The SMILES string of the molecule is C1=CC2=[N+](c3ccc4oc5ccccc5c4c3)c3ccccc3N3c4ccc5c(oc6ccccc65)c4C(=C1)C23. The van der Waals surface area contributed by atoms with Gasteiger partial charge in [-0.2, -0.15) is 4.58 Å². The van der Waals surface area contributed by atoms with Crippen LogP contribution in [0.5, 0.6) is 0 Å². The molecule has 1 unspecified atom stereocenters. The lowest BCUT2D eigenvalue weighted by atomic mass is 9.91. The second kappa shape index (κ2) is 7.19. The van der Waals surface area contributed by atoms with E-state index in [9.17, 15) is 0 Å². The van der Waals surface area contributed by atoms with Crippen molar-refractivity contribution in [3.63, 3.8) is 0 Å². The first kappa shape index (κ1) is 20.6. The van der Waals surface area contributed by atoms with Crippen molar-refractivity contribution >= 4 is 77.9 Å². The molecular formula is C36H21N2O2+. The largest absolute Gasteiger partial charge is 0.456 e. The second-order valence-electron chi connectivity index (χ2n) is 10.7. The zero-order valence-corrected chi connectivity index (χ0v) is 21.3. The first-order valence-electron chi connectivity index (χ1n) is 13.6. The van der Waals surface area contributed by atoms with Crippen molar-refractivity contribution in [1.29, 1.82) is 0 Å². The van der Waals surface area contributed by atoms with Gasteiger partial charge in [-0.25, -0.2) is 0 Å². The third kappa shape index (κ3) is 2.45. The first-order chi connectivity index (χ1) is 19.8. The number of allylic oxidation sites excluding steroid dienone is 2. The predicted octanol–water partition coefficient (Wildman–Crippen LogP) is 9.25. The second-order valence-corrected chi connectivity index (χ2v) is 10.7. The number of rotatable bonds is 1. The lowest BCUT2D eigenvalue weighted by Crippen LogP contribution is -2.43. The lowest BCUT2D eigenvalue weighted by molar-refractivity contribution is 0.668. The summed E-state index contributed by atoms with van der Waals surface area (Å²) in [5.74, 6) is 0. The van der Waals surface area contributed by atoms with Gasteiger partial charge in [-0.3, -0.25) is 0 Å². The quantitative estimate of drug-likeness (QED) is 0.205. The van der Waals surface area contributed by atoms with E-state index in [1.807, 2.05) is 18.2 Å². The normalized spacial score (nSPS) is 17.1. The van der Waals surface area contributed by atoms with Crippen molar-refractivity contribution in [3.8, 4) is 0 Å². The number of fused-ring (bicyclic) bond motifs is 12. The topological polar surface area (TPSA) is 32.5 Å². The van der Waals surface area contributed by atoms with Crippen molar-refractivity contribution in [2.45, 2.75) is 6.04 Å². The van der Waals surface area contributed by atoms with Gasteiger partial charge in [0.2, 0.25) is 17.1 Å². The van der Waals surface area contributed by atoms with Crippen molar-refractivity contribution in [3.05, 3.63) is 127 Å². The molecule has 0 bridgehead atoms. The van der Waals surface area contributed by atoms with Gasteiger partial charge in [-0.1, -0.05) is 60.7 Å². The summed E-state index contributed by atoms with van der Waals surface area (Å²) >= 11 is 0. The van der Waals surface area contributed by atoms with Gasteiger partial charge in [-0.05, 0) is 42.0 Å². The molecular weight excluding hydrogens is 492 g/mol. The Bertz CT molecular complexity index is 2350. The summed E-state index contributed by atoms with van der Waals surface area (Å²) in [5, 5.41) is 4.58. The molecule has 0 amide bonds. The van der Waals surface area contributed by atoms with Crippen LogP contribution in [0, 0.1) is 0 Å². The first-order valence-corrected chi connectivity index (χ1v) is 13.6. The Labute approximate surface area is 229 Å². The number of hydrogen-bond donors (Lipinski definition) is 0. The Hall–Kier alpha value is -5.35. The summed E-state index contributed by atoms with van der Waals surface area (Å²) in [6.07, 6.45) is 6.71. The summed E-state index contributed by atoms with van der Waals surface area (Å²) in [7, 11) is 0. The Balaban J connectivity index is 1.28. The van der Waals surface area contributed by atoms with Gasteiger partial charge < -0.3 is 13.7 Å². The molecule has 1 atom stereocenters. The van der Waals surface area contributed by atoms with E-state index in [0.717, 1.165) is 55.3 Å². The molecule has 0 N–H and O–H groups in total. The molecule has 0 saturated carbocycles. The molecule has 0 fully saturated rings. The summed E-state index contributed by atoms with van der Waals surface area (Å²) < 4.78 is 15.1. The van der Waals surface area contributed by atoms with E-state index in [0.29, 0.717) is 0 Å². The number of furan rings is 2. The van der Waals surface area contributed by atoms with Gasteiger partial charge in [0.05, 0.1) is 5.69 Å². The molecule has 2 aromatic heterocycles. The van der Waals surface area contributed by atoms with E-state index < -0.39 is 0 Å². The zero-order valence-electron chi connectivity index (χ0n) is 21.3. The summed E-state index contributed by atoms with van der Waals surface area (Å²) in [6, 6.07) is 36.4. The third-order valence-electron chi connectivity index (χ3n) is 8.71. The fourth-order valence-corrected chi connectivity index (χ4v) is 7.08. The maximum atomic E-state index is 6.55. The number of para-hydroxylation sites is 4. The molecule has 0 spiro atoms. The smallest absolute Gasteiger partial charge is 0.235 e. The number of benzene rings is 5. The zero-order chi connectivity index (χ0) is 25.9. The van der Waals surface area contributed by atoms with Crippen LogP contribution in [-0.4, -0.2) is 11.8 Å². The van der Waals surface area contributed by atoms with Crippen LogP contribution < -0.4 is 9.48 Å². The van der Waals surface area contributed by atoms with Gasteiger partial charge in [-0.15, -0.1) is 0 Å². The van der Waals surface area contributed by atoms with E-state index in [-0.39, 0.29) is 6.04 Å². The highest BCUT2D eigenvalue weighted by molar-refractivity contribution is 6.24. The van der Waals surface area contributed by atoms with Gasteiger partial charge in [0.1, 0.15) is 34.1 Å². The summed E-state index contributed by atoms with van der Waals surface area (Å²) in [6.45, 7) is 0. The highest BCUT2D eigenvalue weighted by atomic mass is 16.3. The highest BCUT2D eigenvalue weighted by Crippen LogP contribution is 2.54. The fourth-order valence-electron chi connectivity index (χ4n) is 7.08. The van der Waals surface area contributed by atoms with E-state index in [4.69, 9.17) is 8.83 Å². The predicted molar refractivity (Wildman–Crippen MR) is 163 cm³/mol. The Kier molecular flexibility index (Phi) is 3.70. The Morgan fingerprint density at radius 2 is 1.38 bits per heavy atom. The summed E-state index contributed by atoms with van der Waals surface area (Å²) in [4.78, 5) is 2.49. The highest BCUT2D eigenvalue weighted by Gasteiger charge is 2.49. The van der Waals surface area contributed by atoms with Gasteiger partial charge in [0, 0.05) is 51.4 Å². The van der Waals surface area contributed by atoms with Crippen LogP contribution in [0.25, 0.3) is 49.5 Å². The van der Waals surface area contributed by atoms with Crippen LogP contribution in [0.15, 0.2) is 130 Å². The maximum Gasteiger partial charge on any atom is 0.235 e. The van der Waals surface area contributed by atoms with E-state index >= 15 is 0 Å². The van der Waals surface area contributed by atoms with Crippen molar-refractivity contribution in [2.75, 3.05) is 4.90 Å². The molecule has 5 aromatic carbocycles. The van der Waals surface area contributed by atoms with E-state index in [2.05, 4.69) is 113 Å². The van der Waals surface area contributed by atoms with E-state index in [1.165, 1.54) is 28.2 Å². The van der Waals surface area contributed by atoms with Crippen molar-refractivity contribution < 1.29 is 8.83 Å². The molecule has 3 aliphatic rings. The van der Waals surface area contributed by atoms with Crippen LogP contribution in [0.1, 0.15) is 5.56 Å². The van der Waals surface area contributed by atoms with Gasteiger partial charge in [0.15, 0.2) is 0 Å².